The summed E-state index contributed by atoms with van der Waals surface area (Å²) in [7, 11) is 0. The fourth-order valence-corrected chi connectivity index (χ4v) is 11.4. The topological polar surface area (TPSA) is 95.2 Å². The number of piperidine rings is 3. The Morgan fingerprint density at radius 1 is 0.806 bits per heavy atom. The van der Waals surface area contributed by atoms with Crippen molar-refractivity contribution < 1.29 is 31.9 Å². The Bertz CT molecular complexity index is 2390. The van der Waals surface area contributed by atoms with Gasteiger partial charge in [-0.05, 0) is 124 Å². The van der Waals surface area contributed by atoms with Crippen LogP contribution in [0.4, 0.5) is 23.2 Å². The van der Waals surface area contributed by atoms with Crippen LogP contribution in [-0.4, -0.2) is 107 Å². The highest BCUT2D eigenvalue weighted by Gasteiger charge is 2.45. The van der Waals surface area contributed by atoms with Gasteiger partial charge in [0, 0.05) is 78.9 Å². The molecule has 14 heteroatoms. The molecule has 7 heterocycles. The number of anilines is 1. The second-order valence-corrected chi connectivity index (χ2v) is 18.6. The number of carbonyl (C=O) groups is 3. The van der Waals surface area contributed by atoms with Crippen molar-refractivity contribution in [1.82, 2.24) is 29.9 Å². The lowest BCUT2D eigenvalue weighted by atomic mass is 9.88. The average molecular weight is 852 g/mol. The number of alkyl halides is 2. The number of rotatable bonds is 9. The maximum Gasteiger partial charge on any atom is 0.262 e. The summed E-state index contributed by atoms with van der Waals surface area (Å²) >= 11 is 0. The Morgan fingerprint density at radius 3 is 2.05 bits per heavy atom. The number of H-pyrrole nitrogens is 1. The average Bonchev–Trinajstić information content (AvgIpc) is 3.89. The molecule has 2 unspecified atom stereocenters. The summed E-state index contributed by atoms with van der Waals surface area (Å²) in [5, 5.41) is 3.64. The van der Waals surface area contributed by atoms with E-state index in [0.29, 0.717) is 72.4 Å². The number of halogens is 4. The van der Waals surface area contributed by atoms with E-state index >= 15 is 8.78 Å². The molecule has 3 atom stereocenters. The Hall–Kier alpha value is -5.05. The van der Waals surface area contributed by atoms with Crippen LogP contribution < -0.4 is 10.2 Å². The maximum absolute atomic E-state index is 16.3. The van der Waals surface area contributed by atoms with Gasteiger partial charge in [0.05, 0.1) is 23.7 Å². The molecular formula is C48H53F4N7O3. The second-order valence-electron chi connectivity index (χ2n) is 18.6. The summed E-state index contributed by atoms with van der Waals surface area (Å²) < 4.78 is 60.4. The van der Waals surface area contributed by atoms with Gasteiger partial charge >= 0.3 is 0 Å². The Kier molecular flexibility index (Phi) is 10.7. The first-order valence-electron chi connectivity index (χ1n) is 22.2. The van der Waals surface area contributed by atoms with E-state index in [0.717, 1.165) is 97.4 Å². The van der Waals surface area contributed by atoms with Crippen molar-refractivity contribution in [1.29, 1.82) is 0 Å². The molecule has 0 spiro atoms. The number of para-hydroxylation sites is 1. The van der Waals surface area contributed by atoms with Crippen LogP contribution in [-0.2, 0) is 24.3 Å². The summed E-state index contributed by atoms with van der Waals surface area (Å²) in [6.07, 6.45) is 2.76. The van der Waals surface area contributed by atoms with Crippen LogP contribution in [0.2, 0.25) is 0 Å². The molecule has 2 N–H and O–H groups in total. The van der Waals surface area contributed by atoms with E-state index in [9.17, 15) is 23.2 Å². The maximum atomic E-state index is 16.3. The van der Waals surface area contributed by atoms with Gasteiger partial charge in [0.1, 0.15) is 17.7 Å². The molecule has 62 heavy (non-hydrogen) atoms. The molecule has 4 aromatic rings. The lowest BCUT2D eigenvalue weighted by molar-refractivity contribution is -0.125. The third kappa shape index (κ3) is 7.41. The number of carbonyl (C=O) groups excluding carboxylic acids is 3. The van der Waals surface area contributed by atoms with Gasteiger partial charge < -0.3 is 20.1 Å². The normalized spacial score (nSPS) is 24.4. The van der Waals surface area contributed by atoms with Crippen molar-refractivity contribution in [3.05, 3.63) is 112 Å². The summed E-state index contributed by atoms with van der Waals surface area (Å²) in [4.78, 5) is 52.4. The molecule has 0 radical (unpaired) electrons. The van der Waals surface area contributed by atoms with Crippen LogP contribution in [0.3, 0.4) is 0 Å². The molecule has 0 bridgehead atoms. The van der Waals surface area contributed by atoms with Crippen molar-refractivity contribution in [2.24, 2.45) is 11.8 Å². The molecule has 0 aliphatic carbocycles. The Balaban J connectivity index is 0.722. The van der Waals surface area contributed by atoms with E-state index in [1.807, 2.05) is 48.2 Å². The van der Waals surface area contributed by atoms with E-state index in [-0.39, 0.29) is 17.5 Å². The molecule has 10 nitrogen and oxygen atoms in total. The number of nitrogens with zero attached hydrogens (tertiary/aromatic N) is 5. The van der Waals surface area contributed by atoms with Gasteiger partial charge in [-0.25, -0.2) is 17.6 Å². The number of fused-ring (bicyclic) bond motifs is 5. The SMILES string of the molecule is C=C1CCC(N2C(=O)c3cc4c(cc3C2=O)CN(CC2CCN(CC3CCN(c5cc(F)c(C6c7[nH]c8ccccc8c7C[C@@H](C)N6CC(F)F)c(F)c5)CC3)CC2)C4)C(=O)N1. The van der Waals surface area contributed by atoms with Crippen LogP contribution in [0, 0.1) is 23.5 Å². The minimum atomic E-state index is -2.65. The third-order valence-electron chi connectivity index (χ3n) is 14.6. The minimum Gasteiger partial charge on any atom is -0.371 e. The summed E-state index contributed by atoms with van der Waals surface area (Å²) in [5.74, 6) is -1.57. The highest BCUT2D eigenvalue weighted by molar-refractivity contribution is 6.23. The lowest BCUT2D eigenvalue weighted by Crippen LogP contribution is -2.51. The number of nitrogens with one attached hydrogen (secondary N) is 2. The van der Waals surface area contributed by atoms with Crippen molar-refractivity contribution in [2.45, 2.75) is 89.5 Å². The van der Waals surface area contributed by atoms with Crippen molar-refractivity contribution >= 4 is 34.3 Å². The van der Waals surface area contributed by atoms with Gasteiger partial charge in [-0.2, -0.15) is 0 Å². The number of allylic oxidation sites excluding steroid dienone is 1. The predicted octanol–water partition coefficient (Wildman–Crippen LogP) is 7.38. The van der Waals surface area contributed by atoms with Crippen molar-refractivity contribution in [2.75, 3.05) is 50.7 Å². The zero-order valence-electron chi connectivity index (χ0n) is 35.1. The van der Waals surface area contributed by atoms with Crippen LogP contribution in [0.1, 0.15) is 100 Å². The van der Waals surface area contributed by atoms with Gasteiger partial charge in [-0.3, -0.25) is 29.1 Å². The summed E-state index contributed by atoms with van der Waals surface area (Å²) in [5.41, 5.74) is 6.13. The van der Waals surface area contributed by atoms with Crippen molar-refractivity contribution in [3.8, 4) is 0 Å². The third-order valence-corrected chi connectivity index (χ3v) is 14.6. The highest BCUT2D eigenvalue weighted by Crippen LogP contribution is 2.44. The number of amides is 3. The van der Waals surface area contributed by atoms with Gasteiger partial charge in [0.15, 0.2) is 0 Å². The number of aromatic amines is 1. The van der Waals surface area contributed by atoms with Gasteiger partial charge in [0.25, 0.3) is 18.2 Å². The summed E-state index contributed by atoms with van der Waals surface area (Å²) in [6, 6.07) is 12.0. The molecule has 3 fully saturated rings. The fourth-order valence-electron chi connectivity index (χ4n) is 11.4. The fraction of sp³-hybridized carbons (Fsp3) is 0.479. The van der Waals surface area contributed by atoms with E-state index < -0.39 is 48.5 Å². The number of hydrogen-bond donors (Lipinski definition) is 2. The smallest absolute Gasteiger partial charge is 0.262 e. The first-order chi connectivity index (χ1) is 29.9. The van der Waals surface area contributed by atoms with E-state index in [2.05, 4.69) is 26.7 Å². The van der Waals surface area contributed by atoms with E-state index in [4.69, 9.17) is 0 Å². The molecule has 3 saturated heterocycles. The van der Waals surface area contributed by atoms with Gasteiger partial charge in [-0.15, -0.1) is 0 Å². The molecule has 3 aromatic carbocycles. The Labute approximate surface area is 358 Å². The minimum absolute atomic E-state index is 0.191. The first kappa shape index (κ1) is 41.0. The molecule has 6 aliphatic rings. The lowest BCUT2D eigenvalue weighted by Gasteiger charge is -2.41. The first-order valence-corrected chi connectivity index (χ1v) is 22.2. The number of benzene rings is 3. The number of aromatic nitrogens is 1. The quantitative estimate of drug-likeness (QED) is 0.134. The standard InChI is InChI=1S/C48H53F4N7O3/c1-27-7-8-41(46(60)53-27)59-47(61)36-18-31-24-56(25-32(31)19-37(36)48(59)62)23-29-9-13-55(14-10-29)22-30-11-15-57(16-12-30)33-20-38(49)43(39(50)21-33)45-44-35(17-28(2)58(45)26-42(51)52)34-5-3-4-6-40(34)54-44/h3-6,18-21,28-30,41-42,45,54H,1,7-17,22-26H2,2H3,(H,53,60)/t28-,41?,45?/m1/s1. The number of likely N-dealkylation sites (tertiary alicyclic amines) is 1. The number of imide groups is 1. The molecule has 326 valence electrons. The van der Waals surface area contributed by atoms with Gasteiger partial charge in [-0.1, -0.05) is 24.8 Å². The molecule has 6 aliphatic heterocycles. The van der Waals surface area contributed by atoms with Crippen LogP contribution >= 0.6 is 0 Å². The summed E-state index contributed by atoms with van der Waals surface area (Å²) in [6.45, 7) is 11.9. The zero-order valence-corrected chi connectivity index (χ0v) is 35.1. The molecular weight excluding hydrogens is 799 g/mol. The van der Waals surface area contributed by atoms with Crippen LogP contribution in [0.15, 0.2) is 60.8 Å². The van der Waals surface area contributed by atoms with E-state index in [1.165, 1.54) is 17.0 Å². The zero-order chi connectivity index (χ0) is 43.0. The highest BCUT2D eigenvalue weighted by atomic mass is 19.3. The predicted molar refractivity (Wildman–Crippen MR) is 228 cm³/mol. The molecule has 0 saturated carbocycles. The largest absolute Gasteiger partial charge is 0.371 e. The van der Waals surface area contributed by atoms with Crippen LogP contribution in [0.25, 0.3) is 10.9 Å². The number of hydrogen-bond acceptors (Lipinski definition) is 7. The van der Waals surface area contributed by atoms with Gasteiger partial charge in [0.2, 0.25) is 5.91 Å². The Morgan fingerprint density at radius 2 is 1.42 bits per heavy atom. The molecule has 3 amide bonds. The monoisotopic (exact) mass is 851 g/mol. The molecule has 10 rings (SSSR count). The van der Waals surface area contributed by atoms with Crippen LogP contribution in [0.5, 0.6) is 0 Å². The van der Waals surface area contributed by atoms with E-state index in [1.54, 1.807) is 0 Å². The van der Waals surface area contributed by atoms with Crippen molar-refractivity contribution in [3.63, 3.8) is 0 Å². The second kappa shape index (κ2) is 16.3. The molecule has 1 aromatic heterocycles.